The molecule has 3 aromatic rings. The van der Waals surface area contributed by atoms with E-state index in [1.165, 1.54) is 12.1 Å². The normalized spacial score (nSPS) is 15.1. The van der Waals surface area contributed by atoms with Crippen LogP contribution in [0.2, 0.25) is 0 Å². The van der Waals surface area contributed by atoms with Gasteiger partial charge in [0, 0.05) is 31.9 Å². The number of para-hydroxylation sites is 1. The van der Waals surface area contributed by atoms with Gasteiger partial charge in [-0.05, 0) is 36.4 Å². The van der Waals surface area contributed by atoms with Crippen molar-refractivity contribution < 1.29 is 18.0 Å². The van der Waals surface area contributed by atoms with Gasteiger partial charge in [-0.3, -0.25) is 0 Å². The number of amides is 2. The summed E-state index contributed by atoms with van der Waals surface area (Å²) in [6.45, 7) is 2.34. The summed E-state index contributed by atoms with van der Waals surface area (Å²) >= 11 is 1.62. The van der Waals surface area contributed by atoms with Crippen molar-refractivity contribution in [3.63, 3.8) is 0 Å². The van der Waals surface area contributed by atoms with Crippen molar-refractivity contribution in [2.24, 2.45) is 0 Å². The fourth-order valence-electron chi connectivity index (χ4n) is 3.04. The maximum atomic E-state index is 12.6. The first-order chi connectivity index (χ1) is 13.4. The van der Waals surface area contributed by atoms with E-state index in [4.69, 9.17) is 0 Å². The first-order valence-corrected chi connectivity index (χ1v) is 9.55. The Morgan fingerprint density at radius 2 is 1.68 bits per heavy atom. The molecule has 4 rings (SSSR count). The van der Waals surface area contributed by atoms with Gasteiger partial charge in [-0.25, -0.2) is 9.78 Å². The van der Waals surface area contributed by atoms with E-state index >= 15 is 0 Å². The zero-order valence-electron chi connectivity index (χ0n) is 14.7. The number of nitrogens with zero attached hydrogens (tertiary/aromatic N) is 3. The average Bonchev–Trinajstić information content (AvgIpc) is 3.12. The number of benzene rings is 2. The zero-order chi connectivity index (χ0) is 19.7. The summed E-state index contributed by atoms with van der Waals surface area (Å²) in [5, 5.41) is 3.59. The van der Waals surface area contributed by atoms with Gasteiger partial charge in [0.25, 0.3) is 0 Å². The highest BCUT2D eigenvalue weighted by atomic mass is 32.1. The third-order valence-electron chi connectivity index (χ3n) is 4.58. The maximum absolute atomic E-state index is 12.6. The monoisotopic (exact) mass is 406 g/mol. The smallest absolute Gasteiger partial charge is 0.345 e. The molecular weight excluding hydrogens is 389 g/mol. The van der Waals surface area contributed by atoms with E-state index in [1.54, 1.807) is 16.2 Å². The Kier molecular flexibility index (Phi) is 4.84. The minimum atomic E-state index is -4.39. The number of hydrogen-bond donors (Lipinski definition) is 1. The van der Waals surface area contributed by atoms with Gasteiger partial charge in [0.05, 0.1) is 15.8 Å². The minimum Gasteiger partial charge on any atom is -0.345 e. The molecule has 28 heavy (non-hydrogen) atoms. The average molecular weight is 406 g/mol. The predicted molar refractivity (Wildman–Crippen MR) is 104 cm³/mol. The highest BCUT2D eigenvalue weighted by Crippen LogP contribution is 2.30. The second-order valence-electron chi connectivity index (χ2n) is 6.44. The first kappa shape index (κ1) is 18.5. The molecule has 1 aliphatic heterocycles. The maximum Gasteiger partial charge on any atom is 0.416 e. The van der Waals surface area contributed by atoms with Gasteiger partial charge in [-0.1, -0.05) is 23.5 Å². The van der Waals surface area contributed by atoms with Crippen molar-refractivity contribution in [3.8, 4) is 0 Å². The summed E-state index contributed by atoms with van der Waals surface area (Å²) in [5.74, 6) is 0. The van der Waals surface area contributed by atoms with Crippen LogP contribution in [0.1, 0.15) is 5.56 Å². The fraction of sp³-hybridized carbons (Fsp3) is 0.263. The molecule has 5 nitrogen and oxygen atoms in total. The number of nitrogens with one attached hydrogen (secondary N) is 1. The molecule has 146 valence electrons. The Morgan fingerprint density at radius 3 is 2.32 bits per heavy atom. The number of halogens is 3. The second kappa shape index (κ2) is 7.31. The summed E-state index contributed by atoms with van der Waals surface area (Å²) in [6, 6.07) is 12.1. The van der Waals surface area contributed by atoms with Crippen LogP contribution < -0.4 is 10.2 Å². The van der Waals surface area contributed by atoms with Gasteiger partial charge < -0.3 is 15.1 Å². The van der Waals surface area contributed by atoms with E-state index in [0.717, 1.165) is 27.5 Å². The van der Waals surface area contributed by atoms with Crippen molar-refractivity contribution in [1.29, 1.82) is 0 Å². The molecule has 0 unspecified atom stereocenters. The Balaban J connectivity index is 1.35. The molecule has 0 radical (unpaired) electrons. The quantitative estimate of drug-likeness (QED) is 0.673. The van der Waals surface area contributed by atoms with Crippen molar-refractivity contribution >= 4 is 38.4 Å². The van der Waals surface area contributed by atoms with Crippen molar-refractivity contribution in [2.45, 2.75) is 6.18 Å². The van der Waals surface area contributed by atoms with E-state index < -0.39 is 11.7 Å². The van der Waals surface area contributed by atoms with Crippen LogP contribution in [-0.4, -0.2) is 42.1 Å². The summed E-state index contributed by atoms with van der Waals surface area (Å²) in [5.41, 5.74) is 0.562. The van der Waals surface area contributed by atoms with Crippen LogP contribution in [0, 0.1) is 0 Å². The van der Waals surface area contributed by atoms with E-state index in [1.807, 2.05) is 24.3 Å². The molecule has 0 atom stereocenters. The van der Waals surface area contributed by atoms with Gasteiger partial charge in [0.1, 0.15) is 0 Å². The molecule has 2 amide bonds. The van der Waals surface area contributed by atoms with Crippen LogP contribution in [0.3, 0.4) is 0 Å². The van der Waals surface area contributed by atoms with Gasteiger partial charge in [0.2, 0.25) is 0 Å². The lowest BCUT2D eigenvalue weighted by atomic mass is 10.2. The lowest BCUT2D eigenvalue weighted by Crippen LogP contribution is -2.50. The summed E-state index contributed by atoms with van der Waals surface area (Å²) in [4.78, 5) is 20.8. The number of anilines is 2. The van der Waals surface area contributed by atoms with Crippen LogP contribution >= 0.6 is 11.3 Å². The van der Waals surface area contributed by atoms with Gasteiger partial charge in [0.15, 0.2) is 5.13 Å². The summed E-state index contributed by atoms with van der Waals surface area (Å²) in [7, 11) is 0. The molecule has 1 aromatic heterocycles. The lowest BCUT2D eigenvalue weighted by molar-refractivity contribution is -0.137. The molecule has 2 heterocycles. The number of carbonyl (C=O) groups excluding carboxylic acids is 1. The molecule has 9 heteroatoms. The van der Waals surface area contributed by atoms with Crippen LogP contribution in [-0.2, 0) is 6.18 Å². The number of piperazine rings is 1. The number of hydrogen-bond acceptors (Lipinski definition) is 4. The number of urea groups is 1. The summed E-state index contributed by atoms with van der Waals surface area (Å²) < 4.78 is 39.0. The molecule has 1 fully saturated rings. The van der Waals surface area contributed by atoms with Crippen molar-refractivity contribution in [1.82, 2.24) is 9.88 Å². The summed E-state index contributed by atoms with van der Waals surface area (Å²) in [6.07, 6.45) is -4.39. The number of aromatic nitrogens is 1. The van der Waals surface area contributed by atoms with Crippen LogP contribution in [0.4, 0.5) is 28.8 Å². The number of fused-ring (bicyclic) bond motifs is 1. The lowest BCUT2D eigenvalue weighted by Gasteiger charge is -2.34. The predicted octanol–water partition coefficient (Wildman–Crippen LogP) is 4.67. The molecule has 0 aliphatic carbocycles. The number of alkyl halides is 3. The third kappa shape index (κ3) is 3.89. The van der Waals surface area contributed by atoms with E-state index in [-0.39, 0.29) is 6.03 Å². The fourth-order valence-corrected chi connectivity index (χ4v) is 4.06. The third-order valence-corrected chi connectivity index (χ3v) is 5.68. The van der Waals surface area contributed by atoms with Crippen molar-refractivity contribution in [2.75, 3.05) is 36.4 Å². The Hall–Kier alpha value is -2.81. The molecule has 2 aromatic carbocycles. The largest absolute Gasteiger partial charge is 0.416 e. The molecular formula is C19H17F3N4OS. The highest BCUT2D eigenvalue weighted by Gasteiger charge is 2.30. The highest BCUT2D eigenvalue weighted by molar-refractivity contribution is 7.22. The number of carbonyl (C=O) groups is 1. The Bertz CT molecular complexity index is 946. The van der Waals surface area contributed by atoms with Crippen LogP contribution in [0.25, 0.3) is 10.2 Å². The Morgan fingerprint density at radius 1 is 1.00 bits per heavy atom. The van der Waals surface area contributed by atoms with E-state index in [9.17, 15) is 18.0 Å². The van der Waals surface area contributed by atoms with E-state index in [2.05, 4.69) is 15.2 Å². The van der Waals surface area contributed by atoms with Gasteiger partial charge in [-0.2, -0.15) is 13.2 Å². The molecule has 0 spiro atoms. The van der Waals surface area contributed by atoms with Gasteiger partial charge in [-0.15, -0.1) is 0 Å². The standard InChI is InChI=1S/C19H17F3N4OS/c20-19(21,22)13-5-7-14(8-6-13)23-17(27)25-9-11-26(12-10-25)18-24-15-3-1-2-4-16(15)28-18/h1-8H,9-12H2,(H,23,27). The van der Waals surface area contributed by atoms with Gasteiger partial charge >= 0.3 is 12.2 Å². The minimum absolute atomic E-state index is 0.316. The molecule has 0 bridgehead atoms. The topological polar surface area (TPSA) is 48.5 Å². The first-order valence-electron chi connectivity index (χ1n) is 8.74. The van der Waals surface area contributed by atoms with E-state index in [0.29, 0.717) is 31.9 Å². The SMILES string of the molecule is O=C(Nc1ccc(C(F)(F)F)cc1)N1CCN(c2nc3ccccc3s2)CC1. The number of thiazole rings is 1. The zero-order valence-corrected chi connectivity index (χ0v) is 15.6. The molecule has 1 saturated heterocycles. The second-order valence-corrected chi connectivity index (χ2v) is 7.45. The molecule has 0 saturated carbocycles. The number of rotatable bonds is 2. The van der Waals surface area contributed by atoms with Crippen LogP contribution in [0.5, 0.6) is 0 Å². The molecule has 1 N–H and O–H groups in total. The molecule has 1 aliphatic rings. The van der Waals surface area contributed by atoms with Crippen molar-refractivity contribution in [3.05, 3.63) is 54.1 Å². The van der Waals surface area contributed by atoms with Crippen LogP contribution in [0.15, 0.2) is 48.5 Å². The Labute approximate surface area is 163 Å².